The number of unbranched alkanes of at least 4 members (excludes halogenated alkanes) is 1. The second kappa shape index (κ2) is 11.2. The van der Waals surface area contributed by atoms with Crippen molar-refractivity contribution in [2.24, 2.45) is 0 Å². The van der Waals surface area contributed by atoms with Gasteiger partial charge in [-0.25, -0.2) is 0 Å². The molecule has 2 aliphatic heterocycles. The average Bonchev–Trinajstić information content (AvgIpc) is 3.23. The summed E-state index contributed by atoms with van der Waals surface area (Å²) in [4.78, 5) is 1.66. The predicted molar refractivity (Wildman–Crippen MR) is 164 cm³/mol. The molecule has 0 fully saturated rings. The first-order chi connectivity index (χ1) is 19.7. The molecule has 2 heterocycles. The van der Waals surface area contributed by atoms with Crippen molar-refractivity contribution in [1.29, 1.82) is 0 Å². The lowest BCUT2D eigenvalue weighted by Crippen LogP contribution is -2.28. The highest BCUT2D eigenvalue weighted by Crippen LogP contribution is 2.48. The molecule has 0 bridgehead atoms. The van der Waals surface area contributed by atoms with Gasteiger partial charge in [0.2, 0.25) is 5.69 Å². The van der Waals surface area contributed by atoms with Gasteiger partial charge in [0.15, 0.2) is 5.71 Å². The van der Waals surface area contributed by atoms with E-state index in [9.17, 15) is 34.4 Å². The van der Waals surface area contributed by atoms with E-state index in [0.29, 0.717) is 25.1 Å². The van der Waals surface area contributed by atoms with E-state index in [1.54, 1.807) is 12.1 Å². The van der Waals surface area contributed by atoms with Gasteiger partial charge in [-0.2, -0.15) is 29.8 Å². The topological polar surface area (TPSA) is 169 Å². The second-order valence-corrected chi connectivity index (χ2v) is 16.2. The summed E-state index contributed by atoms with van der Waals surface area (Å²) in [5.41, 5.74) is 3.39. The molecular formula is C29H37N2O9S3+. The van der Waals surface area contributed by atoms with Crippen molar-refractivity contribution < 1.29 is 43.5 Å². The highest BCUT2D eigenvalue weighted by Gasteiger charge is 2.45. The fourth-order valence-electron chi connectivity index (χ4n) is 6.00. The summed E-state index contributed by atoms with van der Waals surface area (Å²) in [6.45, 7) is 10.8. The third kappa shape index (κ3) is 6.49. The SMILES string of the molecule is CCN1/C(=C/C=C/C2=[N+](CCCCS(=O)(=O)O)c3ccc(S(=O)(=O)O)cc3C2(C)C)C(C)(C)c2cc(S(=O)(=O)O)ccc21. The third-order valence-electron chi connectivity index (χ3n) is 8.18. The summed E-state index contributed by atoms with van der Waals surface area (Å²) >= 11 is 0. The number of benzene rings is 2. The number of likely N-dealkylation sites (N-methyl/N-ethyl adjacent to an activating group) is 1. The van der Waals surface area contributed by atoms with E-state index in [1.165, 1.54) is 24.3 Å². The molecule has 2 aromatic carbocycles. The maximum absolute atomic E-state index is 11.9. The molecular weight excluding hydrogens is 617 g/mol. The normalized spacial score (nSPS) is 19.0. The largest absolute Gasteiger partial charge is 0.344 e. The monoisotopic (exact) mass is 653 g/mol. The molecule has 0 amide bonds. The van der Waals surface area contributed by atoms with Crippen LogP contribution in [0.15, 0.2) is 70.1 Å². The van der Waals surface area contributed by atoms with Gasteiger partial charge in [-0.05, 0) is 69.2 Å². The fourth-order valence-corrected chi connectivity index (χ4v) is 7.58. The van der Waals surface area contributed by atoms with Crippen LogP contribution in [0.25, 0.3) is 0 Å². The van der Waals surface area contributed by atoms with E-state index in [0.717, 1.165) is 28.3 Å². The number of nitrogens with zero attached hydrogens (tertiary/aromatic N) is 2. The van der Waals surface area contributed by atoms with Crippen molar-refractivity contribution in [3.05, 3.63) is 71.5 Å². The van der Waals surface area contributed by atoms with Gasteiger partial charge in [0.25, 0.3) is 30.4 Å². The number of anilines is 1. The Kier molecular flexibility index (Phi) is 8.63. The van der Waals surface area contributed by atoms with Crippen LogP contribution >= 0.6 is 0 Å². The Morgan fingerprint density at radius 3 is 1.95 bits per heavy atom. The Morgan fingerprint density at radius 2 is 1.40 bits per heavy atom. The number of hydrogen-bond donors (Lipinski definition) is 3. The minimum atomic E-state index is -4.44. The van der Waals surface area contributed by atoms with Crippen molar-refractivity contribution >= 4 is 47.4 Å². The van der Waals surface area contributed by atoms with Crippen molar-refractivity contribution in [1.82, 2.24) is 0 Å². The first kappa shape index (κ1) is 33.0. The molecule has 0 saturated carbocycles. The highest BCUT2D eigenvalue weighted by molar-refractivity contribution is 7.86. The molecule has 43 heavy (non-hydrogen) atoms. The van der Waals surface area contributed by atoms with Crippen molar-refractivity contribution in [3.8, 4) is 0 Å². The molecule has 2 aromatic rings. The molecule has 14 heteroatoms. The molecule has 4 rings (SSSR count). The Bertz CT molecular complexity index is 1890. The summed E-state index contributed by atoms with van der Waals surface area (Å²) in [5.74, 6) is -0.377. The zero-order valence-corrected chi connectivity index (χ0v) is 27.1. The van der Waals surface area contributed by atoms with Gasteiger partial charge in [0.1, 0.15) is 6.54 Å². The van der Waals surface area contributed by atoms with Crippen LogP contribution in [-0.4, -0.2) is 68.0 Å². The van der Waals surface area contributed by atoms with Gasteiger partial charge in [-0.15, -0.1) is 0 Å². The van der Waals surface area contributed by atoms with Gasteiger partial charge in [0.05, 0.1) is 21.0 Å². The number of hydrogen-bond acceptors (Lipinski definition) is 7. The molecule has 0 saturated heterocycles. The minimum Gasteiger partial charge on any atom is -0.344 e. The zero-order chi connectivity index (χ0) is 32.2. The van der Waals surface area contributed by atoms with Crippen molar-refractivity contribution in [2.75, 3.05) is 23.7 Å². The summed E-state index contributed by atoms with van der Waals surface area (Å²) in [6.07, 6.45) is 6.35. The predicted octanol–water partition coefficient (Wildman–Crippen LogP) is 4.48. The standard InChI is InChI=1S/C29H36N2O9S3/c1-6-30-24-14-12-20(42(35,36)37)18-22(24)28(2,3)26(30)10-9-11-27-29(4,5)23-19-21(43(38,39)40)13-15-25(23)31(27)16-7-8-17-41(32,33)34/h9-15,18-19H,6-8,16-17H2,1-5H3,(H2-,32,33,34,35,36,37,38,39,40)/p+1. The first-order valence-electron chi connectivity index (χ1n) is 13.7. The van der Waals surface area contributed by atoms with Crippen LogP contribution in [-0.2, 0) is 41.2 Å². The second-order valence-electron chi connectivity index (χ2n) is 11.7. The lowest BCUT2D eigenvalue weighted by Gasteiger charge is -2.25. The molecule has 0 atom stereocenters. The molecule has 0 spiro atoms. The van der Waals surface area contributed by atoms with Gasteiger partial charge in [0, 0.05) is 47.5 Å². The van der Waals surface area contributed by atoms with Crippen molar-refractivity contribution in [2.45, 2.75) is 68.1 Å². The van der Waals surface area contributed by atoms with E-state index < -0.39 is 41.2 Å². The quantitative estimate of drug-likeness (QED) is 0.189. The zero-order valence-electron chi connectivity index (χ0n) is 24.6. The Labute approximate surface area is 253 Å². The molecule has 0 aromatic heterocycles. The van der Waals surface area contributed by atoms with Gasteiger partial charge >= 0.3 is 0 Å². The van der Waals surface area contributed by atoms with Gasteiger partial charge in [-0.1, -0.05) is 19.9 Å². The molecule has 234 valence electrons. The minimum absolute atomic E-state index is 0.179. The summed E-state index contributed by atoms with van der Waals surface area (Å²) < 4.78 is 100. The smallest absolute Gasteiger partial charge is 0.294 e. The van der Waals surface area contributed by atoms with Crippen LogP contribution in [0.1, 0.15) is 58.6 Å². The Balaban J connectivity index is 1.77. The van der Waals surface area contributed by atoms with Gasteiger partial charge < -0.3 is 4.90 Å². The maximum atomic E-state index is 11.9. The van der Waals surface area contributed by atoms with Crippen LogP contribution in [0.3, 0.4) is 0 Å². The third-order valence-corrected chi connectivity index (χ3v) is 10.7. The van der Waals surface area contributed by atoms with Crippen LogP contribution in [0.5, 0.6) is 0 Å². The fraction of sp³-hybridized carbons (Fsp3) is 0.414. The van der Waals surface area contributed by atoms with E-state index in [-0.39, 0.29) is 22.0 Å². The van der Waals surface area contributed by atoms with Crippen LogP contribution in [0, 0.1) is 0 Å². The van der Waals surface area contributed by atoms with Gasteiger partial charge in [-0.3, -0.25) is 13.7 Å². The van der Waals surface area contributed by atoms with Crippen LogP contribution in [0.4, 0.5) is 11.4 Å². The molecule has 2 aliphatic rings. The highest BCUT2D eigenvalue weighted by atomic mass is 32.2. The average molecular weight is 654 g/mol. The van der Waals surface area contributed by atoms with Crippen LogP contribution < -0.4 is 4.90 Å². The van der Waals surface area contributed by atoms with Crippen LogP contribution in [0.2, 0.25) is 0 Å². The Hall–Kier alpha value is -2.88. The lowest BCUT2D eigenvalue weighted by atomic mass is 9.81. The molecule has 0 unspecified atom stereocenters. The molecule has 3 N–H and O–H groups in total. The summed E-state index contributed by atoms with van der Waals surface area (Å²) in [6, 6.07) is 8.93. The molecule has 0 radical (unpaired) electrons. The van der Waals surface area contributed by atoms with E-state index in [4.69, 9.17) is 4.55 Å². The molecule has 11 nitrogen and oxygen atoms in total. The lowest BCUT2D eigenvalue weighted by molar-refractivity contribution is -0.438. The number of allylic oxidation sites excluding steroid dienone is 4. The van der Waals surface area contributed by atoms with E-state index in [1.807, 2.05) is 57.4 Å². The maximum Gasteiger partial charge on any atom is 0.294 e. The van der Waals surface area contributed by atoms with E-state index in [2.05, 4.69) is 4.90 Å². The summed E-state index contributed by atoms with van der Waals surface area (Å²) in [7, 11) is -12.9. The summed E-state index contributed by atoms with van der Waals surface area (Å²) in [5, 5.41) is 0. The van der Waals surface area contributed by atoms with Crippen molar-refractivity contribution in [3.63, 3.8) is 0 Å². The van der Waals surface area contributed by atoms with E-state index >= 15 is 0 Å². The Morgan fingerprint density at radius 1 is 0.814 bits per heavy atom. The number of rotatable bonds is 10. The number of fused-ring (bicyclic) bond motifs is 2. The molecule has 0 aliphatic carbocycles. The first-order valence-corrected chi connectivity index (χ1v) is 18.2.